The van der Waals surface area contributed by atoms with Gasteiger partial charge in [0.15, 0.2) is 0 Å². The molecule has 5 rings (SSSR count). The Labute approximate surface area is 168 Å². The third-order valence-corrected chi connectivity index (χ3v) is 6.61. The number of benzene rings is 2. The summed E-state index contributed by atoms with van der Waals surface area (Å²) in [6.07, 6.45) is 0.269. The van der Waals surface area contributed by atoms with Crippen LogP contribution < -0.4 is 0 Å². The highest BCUT2D eigenvalue weighted by Gasteiger charge is 2.78. The van der Waals surface area contributed by atoms with Crippen molar-refractivity contribution in [3.05, 3.63) is 84.1 Å². The molecule has 0 N–H and O–H groups in total. The van der Waals surface area contributed by atoms with Gasteiger partial charge >= 0.3 is 12.1 Å². The average molecular weight is 391 g/mol. The number of nitrogens with zero attached hydrogens (tertiary/aromatic N) is 1. The summed E-state index contributed by atoms with van der Waals surface area (Å²) in [6.45, 7) is 3.95. The highest BCUT2D eigenvalue weighted by molar-refractivity contribution is 5.85. The Balaban J connectivity index is 1.77. The number of hydrogen-bond donors (Lipinski definition) is 0. The second-order valence-electron chi connectivity index (χ2n) is 7.67. The number of carbonyl (C=O) groups is 2. The zero-order valence-corrected chi connectivity index (χ0v) is 16.0. The maximum atomic E-state index is 13.4. The van der Waals surface area contributed by atoms with Crippen molar-refractivity contribution >= 4 is 12.1 Å². The number of likely N-dealkylation sites (tertiary alicyclic amines) is 1. The van der Waals surface area contributed by atoms with Crippen molar-refractivity contribution in [1.82, 2.24) is 4.90 Å². The second kappa shape index (κ2) is 6.19. The summed E-state index contributed by atoms with van der Waals surface area (Å²) in [5, 5.41) is 0. The van der Waals surface area contributed by atoms with Gasteiger partial charge in [0.1, 0.15) is 11.0 Å². The first kappa shape index (κ1) is 17.9. The number of hydrogen-bond acceptors (Lipinski definition) is 5. The Kier molecular flexibility index (Phi) is 3.83. The van der Waals surface area contributed by atoms with E-state index in [4.69, 9.17) is 14.2 Å². The van der Waals surface area contributed by atoms with Crippen molar-refractivity contribution in [1.29, 1.82) is 0 Å². The minimum atomic E-state index is -1.07. The van der Waals surface area contributed by atoms with Crippen LogP contribution in [0.5, 0.6) is 0 Å². The minimum Gasteiger partial charge on any atom is -0.468 e. The summed E-state index contributed by atoms with van der Waals surface area (Å²) >= 11 is 0. The summed E-state index contributed by atoms with van der Waals surface area (Å²) in [4.78, 5) is 27.5. The normalized spacial score (nSPS) is 31.1. The van der Waals surface area contributed by atoms with Crippen LogP contribution in [-0.4, -0.2) is 37.2 Å². The summed E-state index contributed by atoms with van der Waals surface area (Å²) in [5.74, 6) is -0.625. The molecule has 2 aromatic rings. The van der Waals surface area contributed by atoms with Crippen molar-refractivity contribution in [2.75, 3.05) is 20.2 Å². The van der Waals surface area contributed by atoms with Crippen LogP contribution in [0.15, 0.2) is 67.4 Å². The summed E-state index contributed by atoms with van der Waals surface area (Å²) in [6, 6.07) is 17.7. The molecule has 2 saturated heterocycles. The molecule has 148 valence electrons. The molecule has 1 amide bonds. The number of amides is 1. The van der Waals surface area contributed by atoms with E-state index in [1.807, 2.05) is 54.6 Å². The van der Waals surface area contributed by atoms with Gasteiger partial charge in [-0.2, -0.15) is 0 Å². The number of carbonyl (C=O) groups excluding carboxylic acids is 2. The number of methoxy groups -OCH3 is 1. The summed E-state index contributed by atoms with van der Waals surface area (Å²) in [7, 11) is 1.38. The number of esters is 1. The molecule has 2 fully saturated rings. The van der Waals surface area contributed by atoms with E-state index in [1.54, 1.807) is 4.90 Å². The van der Waals surface area contributed by atoms with Crippen LogP contribution in [0.2, 0.25) is 0 Å². The molecule has 3 aliphatic heterocycles. The largest absolute Gasteiger partial charge is 0.468 e. The van der Waals surface area contributed by atoms with Crippen LogP contribution in [0.25, 0.3) is 0 Å². The fraction of sp³-hybridized carbons (Fsp3) is 0.304. The molecular weight excluding hydrogens is 370 g/mol. The van der Waals surface area contributed by atoms with Crippen molar-refractivity contribution < 1.29 is 23.8 Å². The van der Waals surface area contributed by atoms with Gasteiger partial charge in [-0.3, -0.25) is 4.79 Å². The standard InChI is InChI=1S/C23H21NO5/c1-3-28-21(26)24-13-18-19-16-11-7-8-12-17(16)23(29-19,15-9-5-4-6-10-15)22(18,14-24)20(25)27-2/h3-12,18-19H,1,13-14H2,2H3/t18-,19-,22-,23+/m1/s1. The SMILES string of the molecule is C=COC(=O)N1C[C@@H]2[C@@H]3O[C@@](c4ccccc4)(c4ccccc43)[C@]2(C(=O)OC)C1. The van der Waals surface area contributed by atoms with Gasteiger partial charge < -0.3 is 19.1 Å². The molecule has 3 aliphatic rings. The fourth-order valence-electron chi connectivity index (χ4n) is 5.61. The van der Waals surface area contributed by atoms with E-state index in [-0.39, 0.29) is 24.5 Å². The Morgan fingerprint density at radius 1 is 1.17 bits per heavy atom. The molecule has 0 saturated carbocycles. The van der Waals surface area contributed by atoms with Gasteiger partial charge in [0.2, 0.25) is 0 Å². The Morgan fingerprint density at radius 3 is 2.62 bits per heavy atom. The molecule has 6 heteroatoms. The number of ether oxygens (including phenoxy) is 3. The Hall–Kier alpha value is -3.12. The van der Waals surface area contributed by atoms with Gasteiger partial charge in [-0.15, -0.1) is 0 Å². The van der Waals surface area contributed by atoms with E-state index in [0.717, 1.165) is 23.0 Å². The molecular formula is C23H21NO5. The van der Waals surface area contributed by atoms with Crippen molar-refractivity contribution in [3.63, 3.8) is 0 Å². The highest BCUT2D eigenvalue weighted by Crippen LogP contribution is 2.71. The van der Waals surface area contributed by atoms with Gasteiger partial charge in [0.25, 0.3) is 0 Å². The smallest absolute Gasteiger partial charge is 0.414 e. The molecule has 0 unspecified atom stereocenters. The third kappa shape index (κ3) is 2.04. The molecule has 0 radical (unpaired) electrons. The Morgan fingerprint density at radius 2 is 1.90 bits per heavy atom. The van der Waals surface area contributed by atoms with Crippen molar-refractivity contribution in [3.8, 4) is 0 Å². The predicted molar refractivity (Wildman–Crippen MR) is 104 cm³/mol. The lowest BCUT2D eigenvalue weighted by atomic mass is 9.57. The van der Waals surface area contributed by atoms with E-state index in [0.29, 0.717) is 6.54 Å². The van der Waals surface area contributed by atoms with Crippen LogP contribution in [0.3, 0.4) is 0 Å². The topological polar surface area (TPSA) is 65.1 Å². The van der Waals surface area contributed by atoms with Gasteiger partial charge in [0.05, 0.1) is 19.5 Å². The molecule has 2 aromatic carbocycles. The average Bonchev–Trinajstić information content (AvgIpc) is 3.40. The maximum absolute atomic E-state index is 13.4. The van der Waals surface area contributed by atoms with E-state index >= 15 is 0 Å². The predicted octanol–water partition coefficient (Wildman–Crippen LogP) is 3.39. The van der Waals surface area contributed by atoms with Crippen LogP contribution in [-0.2, 0) is 24.6 Å². The van der Waals surface area contributed by atoms with Crippen molar-refractivity contribution in [2.45, 2.75) is 11.7 Å². The first-order chi connectivity index (χ1) is 14.1. The van der Waals surface area contributed by atoms with E-state index in [2.05, 4.69) is 6.58 Å². The van der Waals surface area contributed by atoms with E-state index < -0.39 is 17.1 Å². The van der Waals surface area contributed by atoms with Gasteiger partial charge in [-0.1, -0.05) is 61.2 Å². The fourth-order valence-corrected chi connectivity index (χ4v) is 5.61. The van der Waals surface area contributed by atoms with Gasteiger partial charge in [-0.05, 0) is 16.7 Å². The quantitative estimate of drug-likeness (QED) is 0.593. The zero-order chi connectivity index (χ0) is 20.2. The van der Waals surface area contributed by atoms with Crippen LogP contribution >= 0.6 is 0 Å². The van der Waals surface area contributed by atoms with Crippen LogP contribution in [0.4, 0.5) is 4.79 Å². The lowest BCUT2D eigenvalue weighted by Crippen LogP contribution is -2.54. The van der Waals surface area contributed by atoms with E-state index in [9.17, 15) is 9.59 Å². The third-order valence-electron chi connectivity index (χ3n) is 6.61. The summed E-state index contributed by atoms with van der Waals surface area (Å²) in [5.41, 5.74) is 0.789. The molecule has 0 aromatic heterocycles. The zero-order valence-electron chi connectivity index (χ0n) is 16.0. The second-order valence-corrected chi connectivity index (χ2v) is 7.67. The first-order valence-corrected chi connectivity index (χ1v) is 9.58. The number of fused-ring (bicyclic) bond motifs is 8. The van der Waals surface area contributed by atoms with Crippen molar-refractivity contribution in [2.24, 2.45) is 11.3 Å². The molecule has 4 atom stereocenters. The van der Waals surface area contributed by atoms with Gasteiger partial charge in [-0.25, -0.2) is 4.79 Å². The van der Waals surface area contributed by atoms with Crippen LogP contribution in [0, 0.1) is 11.3 Å². The summed E-state index contributed by atoms with van der Waals surface area (Å²) < 4.78 is 17.0. The maximum Gasteiger partial charge on any atom is 0.414 e. The molecule has 0 aliphatic carbocycles. The highest BCUT2D eigenvalue weighted by atomic mass is 16.6. The van der Waals surface area contributed by atoms with E-state index in [1.165, 1.54) is 7.11 Å². The lowest BCUT2D eigenvalue weighted by molar-refractivity contribution is -0.163. The monoisotopic (exact) mass is 391 g/mol. The molecule has 6 nitrogen and oxygen atoms in total. The molecule has 3 heterocycles. The van der Waals surface area contributed by atoms with Gasteiger partial charge in [0, 0.05) is 19.0 Å². The van der Waals surface area contributed by atoms with Crippen LogP contribution in [0.1, 0.15) is 22.8 Å². The number of rotatable bonds is 3. The lowest BCUT2D eigenvalue weighted by Gasteiger charge is -2.43. The molecule has 2 bridgehead atoms. The first-order valence-electron chi connectivity index (χ1n) is 9.58. The molecule has 29 heavy (non-hydrogen) atoms. The molecule has 0 spiro atoms. The minimum absolute atomic E-state index is 0.150. The Bertz CT molecular complexity index is 1010.